The van der Waals surface area contributed by atoms with Crippen LogP contribution >= 0.6 is 11.8 Å². The lowest BCUT2D eigenvalue weighted by atomic mass is 10.3. The van der Waals surface area contributed by atoms with Gasteiger partial charge in [0.1, 0.15) is 5.75 Å². The summed E-state index contributed by atoms with van der Waals surface area (Å²) in [6.45, 7) is 0.645. The van der Waals surface area contributed by atoms with Crippen LogP contribution in [0.5, 0.6) is 5.75 Å². The number of esters is 1. The summed E-state index contributed by atoms with van der Waals surface area (Å²) in [4.78, 5) is 10.8. The summed E-state index contributed by atoms with van der Waals surface area (Å²) in [6.07, 6.45) is 1.33. The molecule has 0 saturated heterocycles. The predicted molar refractivity (Wildman–Crippen MR) is 74.9 cm³/mol. The van der Waals surface area contributed by atoms with Gasteiger partial charge in [-0.05, 0) is 24.3 Å². The van der Waals surface area contributed by atoms with Gasteiger partial charge in [-0.1, -0.05) is 6.07 Å². The average Bonchev–Trinajstić information content (AvgIpc) is 2.37. The second kappa shape index (κ2) is 8.69. The van der Waals surface area contributed by atoms with E-state index in [0.29, 0.717) is 18.7 Å². The molecule has 0 aliphatic heterocycles. The minimum absolute atomic E-state index is 0.147. The minimum Gasteiger partial charge on any atom is -0.493 e. The monoisotopic (exact) mass is 269 g/mol. The van der Waals surface area contributed by atoms with Gasteiger partial charge in [0, 0.05) is 23.9 Å². The molecule has 100 valence electrons. The molecular weight excluding hydrogens is 250 g/mol. The molecule has 0 aliphatic carbocycles. The van der Waals surface area contributed by atoms with Gasteiger partial charge in [-0.2, -0.15) is 11.8 Å². The van der Waals surface area contributed by atoms with Gasteiger partial charge < -0.3 is 15.2 Å². The number of ether oxygens (including phenoxy) is 2. The quantitative estimate of drug-likeness (QED) is 0.446. The van der Waals surface area contributed by atoms with Crippen LogP contribution in [0.15, 0.2) is 24.3 Å². The van der Waals surface area contributed by atoms with E-state index in [0.717, 1.165) is 23.7 Å². The summed E-state index contributed by atoms with van der Waals surface area (Å²) in [5.41, 5.74) is 6.35. The Bertz CT molecular complexity index is 371. The Kier molecular flexibility index (Phi) is 7.10. The highest BCUT2D eigenvalue weighted by atomic mass is 32.2. The maximum absolute atomic E-state index is 10.8. The largest absolute Gasteiger partial charge is 0.493 e. The number of thioether (sulfide) groups is 1. The lowest BCUT2D eigenvalue weighted by molar-refractivity contribution is -0.140. The number of nitrogens with two attached hydrogens (primary N) is 1. The third-order valence-corrected chi connectivity index (χ3v) is 3.28. The van der Waals surface area contributed by atoms with Crippen LogP contribution < -0.4 is 10.5 Å². The maximum atomic E-state index is 10.8. The van der Waals surface area contributed by atoms with Crippen molar-refractivity contribution in [2.45, 2.75) is 12.8 Å². The Balaban J connectivity index is 2.00. The van der Waals surface area contributed by atoms with Crippen molar-refractivity contribution in [3.05, 3.63) is 24.3 Å². The van der Waals surface area contributed by atoms with Crippen LogP contribution in [-0.2, 0) is 9.53 Å². The molecule has 0 atom stereocenters. The Morgan fingerprint density at radius 1 is 1.39 bits per heavy atom. The normalized spacial score (nSPS) is 10.1. The topological polar surface area (TPSA) is 61.5 Å². The first-order valence-electron chi connectivity index (χ1n) is 5.85. The molecular formula is C13H19NO3S. The van der Waals surface area contributed by atoms with Gasteiger partial charge in [-0.25, -0.2) is 0 Å². The lowest BCUT2D eigenvalue weighted by Gasteiger charge is -2.06. The van der Waals surface area contributed by atoms with Crippen LogP contribution in [0.3, 0.4) is 0 Å². The summed E-state index contributed by atoms with van der Waals surface area (Å²) in [5.74, 6) is 2.49. The van der Waals surface area contributed by atoms with Crippen molar-refractivity contribution in [2.75, 3.05) is 31.0 Å². The highest BCUT2D eigenvalue weighted by Crippen LogP contribution is 2.15. The number of carbonyl (C=O) groups is 1. The Morgan fingerprint density at radius 3 is 2.94 bits per heavy atom. The van der Waals surface area contributed by atoms with E-state index >= 15 is 0 Å². The summed E-state index contributed by atoms with van der Waals surface area (Å²) >= 11 is 1.77. The van der Waals surface area contributed by atoms with Crippen LogP contribution in [0.4, 0.5) is 5.69 Å². The smallest absolute Gasteiger partial charge is 0.305 e. The molecule has 4 nitrogen and oxygen atoms in total. The van der Waals surface area contributed by atoms with E-state index in [1.807, 2.05) is 24.3 Å². The molecule has 2 N–H and O–H groups in total. The van der Waals surface area contributed by atoms with E-state index in [2.05, 4.69) is 4.74 Å². The zero-order chi connectivity index (χ0) is 13.2. The fraction of sp³-hybridized carbons (Fsp3) is 0.462. The van der Waals surface area contributed by atoms with Crippen LogP contribution in [0.25, 0.3) is 0 Å². The van der Waals surface area contributed by atoms with Gasteiger partial charge in [-0.15, -0.1) is 0 Å². The summed E-state index contributed by atoms with van der Waals surface area (Å²) < 4.78 is 10.1. The molecule has 0 saturated carbocycles. The molecule has 0 radical (unpaired) electrons. The van der Waals surface area contributed by atoms with Crippen molar-refractivity contribution in [3.63, 3.8) is 0 Å². The van der Waals surface area contributed by atoms with Gasteiger partial charge in [0.05, 0.1) is 13.7 Å². The molecule has 0 aliphatic rings. The molecule has 18 heavy (non-hydrogen) atoms. The van der Waals surface area contributed by atoms with Gasteiger partial charge >= 0.3 is 5.97 Å². The second-order valence-corrected chi connectivity index (χ2v) is 4.94. The first kappa shape index (κ1) is 14.7. The molecule has 0 heterocycles. The van der Waals surface area contributed by atoms with Crippen LogP contribution in [0, 0.1) is 0 Å². The number of benzene rings is 1. The molecule has 0 spiro atoms. The minimum atomic E-state index is -0.147. The van der Waals surface area contributed by atoms with E-state index < -0.39 is 0 Å². The third-order valence-electron chi connectivity index (χ3n) is 2.25. The van der Waals surface area contributed by atoms with Crippen molar-refractivity contribution in [3.8, 4) is 5.75 Å². The predicted octanol–water partition coefficient (Wildman–Crippen LogP) is 2.33. The first-order chi connectivity index (χ1) is 8.72. The number of nitrogen functional groups attached to an aromatic ring is 1. The molecule has 0 bridgehead atoms. The van der Waals surface area contributed by atoms with Crippen molar-refractivity contribution >= 4 is 23.4 Å². The molecule has 5 heteroatoms. The lowest BCUT2D eigenvalue weighted by Crippen LogP contribution is -2.03. The summed E-state index contributed by atoms with van der Waals surface area (Å²) in [7, 11) is 1.41. The Labute approximate surface area is 112 Å². The zero-order valence-corrected chi connectivity index (χ0v) is 11.4. The van der Waals surface area contributed by atoms with E-state index in [1.165, 1.54) is 7.11 Å². The van der Waals surface area contributed by atoms with Crippen molar-refractivity contribution in [1.82, 2.24) is 0 Å². The standard InChI is InChI=1S/C13H19NO3S/c1-16-13(15)6-3-8-18-9-7-17-12-5-2-4-11(14)10-12/h2,4-5,10H,3,6-9,14H2,1H3. The molecule has 1 aromatic carbocycles. The number of rotatable bonds is 8. The van der Waals surface area contributed by atoms with E-state index in [1.54, 1.807) is 11.8 Å². The molecule has 0 fully saturated rings. The number of hydrogen-bond donors (Lipinski definition) is 1. The van der Waals surface area contributed by atoms with Crippen molar-refractivity contribution in [2.24, 2.45) is 0 Å². The third kappa shape index (κ3) is 6.39. The van der Waals surface area contributed by atoms with Crippen LogP contribution in [0.1, 0.15) is 12.8 Å². The highest BCUT2D eigenvalue weighted by Gasteiger charge is 1.99. The van der Waals surface area contributed by atoms with Crippen molar-refractivity contribution in [1.29, 1.82) is 0 Å². The number of carbonyl (C=O) groups excluding carboxylic acids is 1. The fourth-order valence-corrected chi connectivity index (χ4v) is 2.10. The van der Waals surface area contributed by atoms with Crippen LogP contribution in [0.2, 0.25) is 0 Å². The summed E-state index contributed by atoms with van der Waals surface area (Å²) in [6, 6.07) is 7.39. The molecule has 0 aromatic heterocycles. The SMILES string of the molecule is COC(=O)CCCSCCOc1cccc(N)c1. The van der Waals surface area contributed by atoms with E-state index in [-0.39, 0.29) is 5.97 Å². The first-order valence-corrected chi connectivity index (χ1v) is 7.00. The van der Waals surface area contributed by atoms with Gasteiger partial charge in [0.25, 0.3) is 0 Å². The molecule has 1 rings (SSSR count). The van der Waals surface area contributed by atoms with Crippen LogP contribution in [-0.4, -0.2) is 31.2 Å². The number of anilines is 1. The highest BCUT2D eigenvalue weighted by molar-refractivity contribution is 7.99. The molecule has 0 amide bonds. The second-order valence-electron chi connectivity index (χ2n) is 3.71. The Hall–Kier alpha value is -1.36. The summed E-state index contributed by atoms with van der Waals surface area (Å²) in [5, 5.41) is 0. The Morgan fingerprint density at radius 2 is 2.22 bits per heavy atom. The zero-order valence-electron chi connectivity index (χ0n) is 10.6. The van der Waals surface area contributed by atoms with E-state index in [4.69, 9.17) is 10.5 Å². The average molecular weight is 269 g/mol. The van der Waals surface area contributed by atoms with E-state index in [9.17, 15) is 4.79 Å². The van der Waals surface area contributed by atoms with Gasteiger partial charge in [0.15, 0.2) is 0 Å². The molecule has 0 unspecified atom stereocenters. The fourth-order valence-electron chi connectivity index (χ4n) is 1.35. The van der Waals surface area contributed by atoms with Gasteiger partial charge in [-0.3, -0.25) is 4.79 Å². The van der Waals surface area contributed by atoms with Crippen molar-refractivity contribution < 1.29 is 14.3 Å². The van der Waals surface area contributed by atoms with Gasteiger partial charge in [0.2, 0.25) is 0 Å². The maximum Gasteiger partial charge on any atom is 0.305 e. The number of hydrogen-bond acceptors (Lipinski definition) is 5. The molecule has 1 aromatic rings. The number of methoxy groups -OCH3 is 1.